The molecular formula is C22H26N2O3. The number of piperazine rings is 1. The van der Waals surface area contributed by atoms with Crippen LogP contribution in [-0.2, 0) is 4.74 Å². The molecule has 0 bridgehead atoms. The summed E-state index contributed by atoms with van der Waals surface area (Å²) in [5.74, 6) is 0.0953. The van der Waals surface area contributed by atoms with Gasteiger partial charge < -0.3 is 14.7 Å². The second-order valence-electron chi connectivity index (χ2n) is 7.44. The van der Waals surface area contributed by atoms with Gasteiger partial charge in [-0.25, -0.2) is 4.79 Å². The largest absolute Gasteiger partial charge is 0.448 e. The van der Waals surface area contributed by atoms with Crippen LogP contribution in [0.15, 0.2) is 48.5 Å². The number of ether oxygens (including phenoxy) is 1. The van der Waals surface area contributed by atoms with Gasteiger partial charge in [-0.15, -0.1) is 0 Å². The fraction of sp³-hybridized carbons (Fsp3) is 0.409. The van der Waals surface area contributed by atoms with Crippen molar-refractivity contribution in [2.75, 3.05) is 39.3 Å². The molecule has 5 heteroatoms. The van der Waals surface area contributed by atoms with Crippen LogP contribution in [0.5, 0.6) is 0 Å². The van der Waals surface area contributed by atoms with E-state index in [1.165, 1.54) is 22.3 Å². The minimum Gasteiger partial charge on any atom is -0.448 e. The number of hydrogen-bond donors (Lipinski definition) is 1. The summed E-state index contributed by atoms with van der Waals surface area (Å²) in [6.07, 6.45) is -0.584. The van der Waals surface area contributed by atoms with Crippen LogP contribution >= 0.6 is 0 Å². The fourth-order valence-electron chi connectivity index (χ4n) is 4.17. The Kier molecular flexibility index (Phi) is 5.14. The standard InChI is InChI=1S/C22H26N2O3/c1-16(25)14-23-10-12-24(13-11-23)22(26)27-15-21-19-8-4-2-6-17(19)18-7-3-5-9-20(18)21/h2-9,16,21,25H,10-15H2,1H3. The minimum atomic E-state index is -0.342. The van der Waals surface area contributed by atoms with Gasteiger partial charge in [0.25, 0.3) is 0 Å². The van der Waals surface area contributed by atoms with Crippen LogP contribution in [0.1, 0.15) is 24.0 Å². The summed E-state index contributed by atoms with van der Waals surface area (Å²) in [7, 11) is 0. The summed E-state index contributed by atoms with van der Waals surface area (Å²) in [5, 5.41) is 9.50. The number of hydrogen-bond acceptors (Lipinski definition) is 4. The molecular weight excluding hydrogens is 340 g/mol. The normalized spacial score (nSPS) is 18.1. The molecule has 1 unspecified atom stereocenters. The number of aliphatic hydroxyl groups excluding tert-OH is 1. The van der Waals surface area contributed by atoms with E-state index < -0.39 is 0 Å². The second-order valence-corrected chi connectivity index (χ2v) is 7.44. The first-order valence-electron chi connectivity index (χ1n) is 9.64. The van der Waals surface area contributed by atoms with E-state index in [1.54, 1.807) is 11.8 Å². The maximum absolute atomic E-state index is 12.5. The summed E-state index contributed by atoms with van der Waals surface area (Å²) in [6, 6.07) is 16.7. The van der Waals surface area contributed by atoms with Crippen LogP contribution in [0.2, 0.25) is 0 Å². The Morgan fingerprint density at radius 3 is 2.15 bits per heavy atom. The Morgan fingerprint density at radius 1 is 1.04 bits per heavy atom. The van der Waals surface area contributed by atoms with Gasteiger partial charge in [-0.05, 0) is 29.2 Å². The van der Waals surface area contributed by atoms with Crippen LogP contribution in [-0.4, -0.2) is 66.4 Å². The van der Waals surface area contributed by atoms with Crippen LogP contribution in [0.25, 0.3) is 11.1 Å². The van der Waals surface area contributed by atoms with Crippen molar-refractivity contribution >= 4 is 6.09 Å². The Labute approximate surface area is 160 Å². The van der Waals surface area contributed by atoms with E-state index >= 15 is 0 Å². The van der Waals surface area contributed by atoms with E-state index in [1.807, 2.05) is 12.1 Å². The summed E-state index contributed by atoms with van der Waals surface area (Å²) in [4.78, 5) is 16.5. The Hall–Kier alpha value is -2.37. The number of amides is 1. The smallest absolute Gasteiger partial charge is 0.409 e. The average Bonchev–Trinajstić information content (AvgIpc) is 3.00. The van der Waals surface area contributed by atoms with Gasteiger partial charge in [-0.2, -0.15) is 0 Å². The molecule has 1 atom stereocenters. The molecule has 2 aliphatic rings. The third-order valence-electron chi connectivity index (χ3n) is 5.49. The number of β-amino-alcohol motifs (C(OH)–C–C–N with tert-alkyl or cyclic N) is 1. The predicted octanol–water partition coefficient (Wildman–Crippen LogP) is 2.93. The van der Waals surface area contributed by atoms with Gasteiger partial charge in [0.15, 0.2) is 0 Å². The zero-order valence-corrected chi connectivity index (χ0v) is 15.7. The lowest BCUT2D eigenvalue weighted by atomic mass is 9.98. The highest BCUT2D eigenvalue weighted by Gasteiger charge is 2.30. The first-order valence-corrected chi connectivity index (χ1v) is 9.64. The Bertz CT molecular complexity index is 767. The predicted molar refractivity (Wildman–Crippen MR) is 105 cm³/mol. The fourth-order valence-corrected chi connectivity index (χ4v) is 4.17. The molecule has 1 heterocycles. The van der Waals surface area contributed by atoms with Gasteiger partial charge >= 0.3 is 6.09 Å². The molecule has 0 radical (unpaired) electrons. The van der Waals surface area contributed by atoms with E-state index in [0.717, 1.165) is 13.1 Å². The monoisotopic (exact) mass is 366 g/mol. The number of nitrogens with zero attached hydrogens (tertiary/aromatic N) is 2. The molecule has 27 heavy (non-hydrogen) atoms. The molecule has 1 N–H and O–H groups in total. The highest BCUT2D eigenvalue weighted by Crippen LogP contribution is 2.44. The molecule has 142 valence electrons. The molecule has 0 aromatic heterocycles. The van der Waals surface area contributed by atoms with Crippen LogP contribution in [0.3, 0.4) is 0 Å². The molecule has 0 saturated carbocycles. The Balaban J connectivity index is 1.39. The topological polar surface area (TPSA) is 53.0 Å². The van der Waals surface area contributed by atoms with E-state index in [9.17, 15) is 9.90 Å². The van der Waals surface area contributed by atoms with Gasteiger partial charge in [-0.1, -0.05) is 48.5 Å². The van der Waals surface area contributed by atoms with E-state index in [-0.39, 0.29) is 18.1 Å². The van der Waals surface area contributed by atoms with E-state index in [4.69, 9.17) is 4.74 Å². The third kappa shape index (κ3) is 3.70. The van der Waals surface area contributed by atoms with Crippen molar-refractivity contribution in [3.63, 3.8) is 0 Å². The molecule has 1 saturated heterocycles. The Morgan fingerprint density at radius 2 is 1.59 bits per heavy atom. The summed E-state index contributed by atoms with van der Waals surface area (Å²) >= 11 is 0. The summed E-state index contributed by atoms with van der Waals surface area (Å²) in [6.45, 7) is 5.63. The molecule has 2 aromatic rings. The van der Waals surface area contributed by atoms with Crippen LogP contribution < -0.4 is 0 Å². The number of benzene rings is 2. The quantitative estimate of drug-likeness (QED) is 0.904. The number of carbonyl (C=O) groups is 1. The maximum atomic E-state index is 12.5. The molecule has 5 nitrogen and oxygen atoms in total. The highest BCUT2D eigenvalue weighted by atomic mass is 16.6. The van der Waals surface area contributed by atoms with Gasteiger partial charge in [-0.3, -0.25) is 4.90 Å². The number of fused-ring (bicyclic) bond motifs is 3. The van der Waals surface area contributed by atoms with Crippen molar-refractivity contribution in [1.82, 2.24) is 9.80 Å². The lowest BCUT2D eigenvalue weighted by Gasteiger charge is -2.34. The van der Waals surface area contributed by atoms with Crippen molar-refractivity contribution in [2.24, 2.45) is 0 Å². The maximum Gasteiger partial charge on any atom is 0.409 e. The molecule has 2 aromatic carbocycles. The lowest BCUT2D eigenvalue weighted by molar-refractivity contribution is 0.0591. The second kappa shape index (κ2) is 7.71. The van der Waals surface area contributed by atoms with Crippen molar-refractivity contribution in [3.05, 3.63) is 59.7 Å². The van der Waals surface area contributed by atoms with Crippen molar-refractivity contribution in [2.45, 2.75) is 18.9 Å². The number of rotatable bonds is 4. The average molecular weight is 366 g/mol. The first kappa shape index (κ1) is 18.0. The van der Waals surface area contributed by atoms with Crippen molar-refractivity contribution in [1.29, 1.82) is 0 Å². The minimum absolute atomic E-state index is 0.0953. The zero-order valence-electron chi connectivity index (χ0n) is 15.7. The van der Waals surface area contributed by atoms with Crippen LogP contribution in [0, 0.1) is 0 Å². The van der Waals surface area contributed by atoms with Gasteiger partial charge in [0.1, 0.15) is 6.61 Å². The highest BCUT2D eigenvalue weighted by molar-refractivity contribution is 5.79. The molecule has 1 amide bonds. The lowest BCUT2D eigenvalue weighted by Crippen LogP contribution is -2.50. The van der Waals surface area contributed by atoms with Crippen molar-refractivity contribution in [3.8, 4) is 11.1 Å². The van der Waals surface area contributed by atoms with E-state index in [0.29, 0.717) is 26.2 Å². The van der Waals surface area contributed by atoms with Crippen molar-refractivity contribution < 1.29 is 14.6 Å². The molecule has 4 rings (SSSR count). The molecule has 1 aliphatic heterocycles. The molecule has 1 aliphatic carbocycles. The van der Waals surface area contributed by atoms with Gasteiger partial charge in [0.05, 0.1) is 6.10 Å². The first-order chi connectivity index (χ1) is 13.1. The third-order valence-corrected chi connectivity index (χ3v) is 5.49. The number of carbonyl (C=O) groups excluding carboxylic acids is 1. The van der Waals surface area contributed by atoms with Gasteiger partial charge in [0, 0.05) is 38.6 Å². The van der Waals surface area contributed by atoms with Gasteiger partial charge in [0.2, 0.25) is 0 Å². The molecule has 1 fully saturated rings. The van der Waals surface area contributed by atoms with Crippen LogP contribution in [0.4, 0.5) is 4.79 Å². The molecule has 0 spiro atoms. The van der Waals surface area contributed by atoms with E-state index in [2.05, 4.69) is 41.3 Å². The summed E-state index contributed by atoms with van der Waals surface area (Å²) in [5.41, 5.74) is 4.93. The number of aliphatic hydroxyl groups is 1. The summed E-state index contributed by atoms with van der Waals surface area (Å²) < 4.78 is 5.71. The SMILES string of the molecule is CC(O)CN1CCN(C(=O)OCC2c3ccccc3-c3ccccc32)CC1. The zero-order chi connectivity index (χ0) is 18.8.